The van der Waals surface area contributed by atoms with Crippen LogP contribution < -0.4 is 10.0 Å². The summed E-state index contributed by atoms with van der Waals surface area (Å²) in [4.78, 5) is 5.35. The van der Waals surface area contributed by atoms with Gasteiger partial charge in [-0.25, -0.2) is 18.1 Å². The predicted octanol–water partition coefficient (Wildman–Crippen LogP) is 1.84. The summed E-state index contributed by atoms with van der Waals surface area (Å²) in [5, 5.41) is 7.78. The fourth-order valence-corrected chi connectivity index (χ4v) is 4.75. The van der Waals surface area contributed by atoms with Gasteiger partial charge in [-0.3, -0.25) is 0 Å². The number of sulfonamides is 1. The van der Waals surface area contributed by atoms with Crippen LogP contribution in [0.3, 0.4) is 0 Å². The van der Waals surface area contributed by atoms with E-state index in [1.807, 2.05) is 17.7 Å². The summed E-state index contributed by atoms with van der Waals surface area (Å²) < 4.78 is 27.1. The van der Waals surface area contributed by atoms with Gasteiger partial charge in [0.05, 0.1) is 9.90 Å². The number of hydrogen-bond acceptors (Lipinski definition) is 6. The second-order valence-electron chi connectivity index (χ2n) is 4.06. The first-order chi connectivity index (χ1) is 9.63. The van der Waals surface area contributed by atoms with Crippen LogP contribution in [0.2, 0.25) is 0 Å². The predicted molar refractivity (Wildman–Crippen MR) is 82.7 cm³/mol. The van der Waals surface area contributed by atoms with E-state index in [2.05, 4.69) is 15.0 Å². The minimum atomic E-state index is -3.43. The van der Waals surface area contributed by atoms with Crippen LogP contribution in [0.25, 0.3) is 0 Å². The molecule has 0 radical (unpaired) electrons. The number of rotatable bonds is 8. The molecule has 0 aliphatic heterocycles. The molecule has 0 fully saturated rings. The second kappa shape index (κ2) is 7.28. The van der Waals surface area contributed by atoms with E-state index >= 15 is 0 Å². The van der Waals surface area contributed by atoms with Gasteiger partial charge in [-0.05, 0) is 18.0 Å². The Labute approximate surface area is 127 Å². The van der Waals surface area contributed by atoms with Crippen LogP contribution in [0.15, 0.2) is 27.9 Å². The summed E-state index contributed by atoms with van der Waals surface area (Å²) in [6.07, 6.45) is 2.34. The maximum atomic E-state index is 12.3. The number of thiophene rings is 1. The van der Waals surface area contributed by atoms with Gasteiger partial charge < -0.3 is 5.32 Å². The number of nitrogens with zero attached hydrogens (tertiary/aromatic N) is 1. The van der Waals surface area contributed by atoms with Crippen LogP contribution >= 0.6 is 22.7 Å². The normalized spacial score (nSPS) is 11.8. The van der Waals surface area contributed by atoms with Gasteiger partial charge in [0.2, 0.25) is 10.0 Å². The minimum absolute atomic E-state index is 0.367. The highest BCUT2D eigenvalue weighted by atomic mass is 32.2. The molecule has 110 valence electrons. The Hall–Kier alpha value is -0.800. The lowest BCUT2D eigenvalue weighted by Gasteiger charge is -2.07. The molecule has 8 heteroatoms. The third kappa shape index (κ3) is 4.10. The Morgan fingerprint density at radius 1 is 1.30 bits per heavy atom. The first-order valence-corrected chi connectivity index (χ1v) is 9.53. The molecule has 0 spiro atoms. The monoisotopic (exact) mass is 331 g/mol. The van der Waals surface area contributed by atoms with E-state index in [0.29, 0.717) is 24.4 Å². The van der Waals surface area contributed by atoms with Crippen molar-refractivity contribution in [1.29, 1.82) is 0 Å². The standard InChI is InChI=1S/C12H17N3O2S3/c1-2-13-9-10-11(4-7-18-10)20(16,17)15-5-3-12-14-6-8-19-12/h4,6-8,13,15H,2-3,5,9H2,1H3. The molecule has 2 N–H and O–H groups in total. The van der Waals surface area contributed by atoms with Crippen molar-refractivity contribution in [3.8, 4) is 0 Å². The first kappa shape index (κ1) is 15.6. The molecule has 2 aromatic heterocycles. The molecule has 2 aromatic rings. The molecule has 0 saturated carbocycles. The smallest absolute Gasteiger partial charge is 0.241 e. The third-order valence-electron chi connectivity index (χ3n) is 2.64. The Bertz CT molecular complexity index is 620. The molecule has 0 aromatic carbocycles. The van der Waals surface area contributed by atoms with E-state index in [-0.39, 0.29) is 0 Å². The molecule has 0 unspecified atom stereocenters. The van der Waals surface area contributed by atoms with Crippen molar-refractivity contribution in [2.45, 2.75) is 24.8 Å². The third-order valence-corrected chi connectivity index (χ3v) is 6.08. The maximum Gasteiger partial charge on any atom is 0.241 e. The molecule has 5 nitrogen and oxygen atoms in total. The Morgan fingerprint density at radius 2 is 2.15 bits per heavy atom. The highest BCUT2D eigenvalue weighted by Gasteiger charge is 2.19. The van der Waals surface area contributed by atoms with Gasteiger partial charge in [-0.15, -0.1) is 22.7 Å². The average Bonchev–Trinajstić information content (AvgIpc) is 3.07. The number of thiazole rings is 1. The Morgan fingerprint density at radius 3 is 2.85 bits per heavy atom. The minimum Gasteiger partial charge on any atom is -0.312 e. The number of nitrogens with one attached hydrogen (secondary N) is 2. The van der Waals surface area contributed by atoms with Crippen LogP contribution in [0.5, 0.6) is 0 Å². The molecule has 0 aliphatic carbocycles. The van der Waals surface area contributed by atoms with Crippen molar-refractivity contribution in [1.82, 2.24) is 15.0 Å². The van der Waals surface area contributed by atoms with Crippen LogP contribution in [-0.4, -0.2) is 26.5 Å². The number of hydrogen-bond donors (Lipinski definition) is 2. The molecule has 0 aliphatic rings. The first-order valence-electron chi connectivity index (χ1n) is 6.28. The van der Waals surface area contributed by atoms with E-state index < -0.39 is 10.0 Å². The van der Waals surface area contributed by atoms with E-state index in [9.17, 15) is 8.42 Å². The van der Waals surface area contributed by atoms with Crippen LogP contribution in [0.4, 0.5) is 0 Å². The molecule has 0 atom stereocenters. The largest absolute Gasteiger partial charge is 0.312 e. The number of aromatic nitrogens is 1. The molecular weight excluding hydrogens is 314 g/mol. The van der Waals surface area contributed by atoms with Crippen molar-refractivity contribution >= 4 is 32.7 Å². The van der Waals surface area contributed by atoms with Gasteiger partial charge in [0, 0.05) is 36.0 Å². The van der Waals surface area contributed by atoms with Crippen molar-refractivity contribution < 1.29 is 8.42 Å². The molecule has 0 amide bonds. The van der Waals surface area contributed by atoms with Crippen molar-refractivity contribution in [2.75, 3.05) is 13.1 Å². The van der Waals surface area contributed by atoms with Gasteiger partial charge in [0.15, 0.2) is 0 Å². The summed E-state index contributed by atoms with van der Waals surface area (Å²) >= 11 is 2.99. The van der Waals surface area contributed by atoms with Gasteiger partial charge >= 0.3 is 0 Å². The van der Waals surface area contributed by atoms with Crippen molar-refractivity contribution in [3.63, 3.8) is 0 Å². The van der Waals surface area contributed by atoms with E-state index in [1.165, 1.54) is 22.7 Å². The van der Waals surface area contributed by atoms with Gasteiger partial charge in [0.25, 0.3) is 0 Å². The lowest BCUT2D eigenvalue weighted by atomic mass is 10.4. The van der Waals surface area contributed by atoms with E-state index in [1.54, 1.807) is 12.3 Å². The summed E-state index contributed by atoms with van der Waals surface area (Å²) in [7, 11) is -3.43. The lowest BCUT2D eigenvalue weighted by Crippen LogP contribution is -2.27. The highest BCUT2D eigenvalue weighted by molar-refractivity contribution is 7.89. The molecule has 20 heavy (non-hydrogen) atoms. The van der Waals surface area contributed by atoms with Crippen molar-refractivity contribution in [2.24, 2.45) is 0 Å². The van der Waals surface area contributed by atoms with Gasteiger partial charge in [-0.1, -0.05) is 6.92 Å². The van der Waals surface area contributed by atoms with Gasteiger partial charge in [-0.2, -0.15) is 0 Å². The summed E-state index contributed by atoms with van der Waals surface area (Å²) in [6.45, 7) is 3.76. The summed E-state index contributed by atoms with van der Waals surface area (Å²) in [5.41, 5.74) is 0. The molecule has 2 heterocycles. The Kier molecular flexibility index (Phi) is 5.67. The quantitative estimate of drug-likeness (QED) is 0.774. The summed E-state index contributed by atoms with van der Waals surface area (Å²) in [5.74, 6) is 0. The highest BCUT2D eigenvalue weighted by Crippen LogP contribution is 2.21. The lowest BCUT2D eigenvalue weighted by molar-refractivity contribution is 0.580. The fraction of sp³-hybridized carbons (Fsp3) is 0.417. The molecule has 0 saturated heterocycles. The second-order valence-corrected chi connectivity index (χ2v) is 7.78. The molecule has 0 bridgehead atoms. The zero-order chi connectivity index (χ0) is 14.4. The van der Waals surface area contributed by atoms with Crippen LogP contribution in [0, 0.1) is 0 Å². The topological polar surface area (TPSA) is 71.1 Å². The average molecular weight is 331 g/mol. The summed E-state index contributed by atoms with van der Waals surface area (Å²) in [6, 6.07) is 1.66. The molecular formula is C12H17N3O2S3. The Balaban J connectivity index is 1.97. The van der Waals surface area contributed by atoms with Gasteiger partial charge in [0.1, 0.15) is 0 Å². The van der Waals surface area contributed by atoms with Crippen LogP contribution in [-0.2, 0) is 23.0 Å². The maximum absolute atomic E-state index is 12.3. The SMILES string of the molecule is CCNCc1sccc1S(=O)(=O)NCCc1nccs1. The zero-order valence-corrected chi connectivity index (χ0v) is 13.6. The zero-order valence-electron chi connectivity index (χ0n) is 11.1. The van der Waals surface area contributed by atoms with E-state index in [4.69, 9.17) is 0 Å². The van der Waals surface area contributed by atoms with Crippen molar-refractivity contribution in [3.05, 3.63) is 32.9 Å². The van der Waals surface area contributed by atoms with E-state index in [0.717, 1.165) is 16.4 Å². The molecule has 2 rings (SSSR count). The fourth-order valence-electron chi connectivity index (χ4n) is 1.68. The van der Waals surface area contributed by atoms with Crippen LogP contribution in [0.1, 0.15) is 16.8 Å².